The number of rotatable bonds is 0. The molecule has 4 bridgehead atoms. The smallest absolute Gasteiger partial charge is 0.277 e. The zero-order valence-corrected chi connectivity index (χ0v) is 16.6. The van der Waals surface area contributed by atoms with Crippen LogP contribution in [0.2, 0.25) is 0 Å². The van der Waals surface area contributed by atoms with Crippen LogP contribution in [0.15, 0.2) is 35.2 Å². The van der Waals surface area contributed by atoms with Gasteiger partial charge in [0.15, 0.2) is 11.4 Å². The summed E-state index contributed by atoms with van der Waals surface area (Å²) in [5.41, 5.74) is 1.19. The molecule has 4 heterocycles. The number of ether oxygens (including phenoxy) is 1. The monoisotopic (exact) mass is 410 g/mol. The van der Waals surface area contributed by atoms with Gasteiger partial charge in [-0.15, -0.1) is 0 Å². The maximum absolute atomic E-state index is 12.6. The van der Waals surface area contributed by atoms with E-state index >= 15 is 0 Å². The number of carbonyl (C=O) groups is 2. The zero-order valence-electron chi connectivity index (χ0n) is 16.6. The molecule has 3 aromatic heterocycles. The van der Waals surface area contributed by atoms with Gasteiger partial charge in [0, 0.05) is 37.6 Å². The molecule has 2 N–H and O–H groups in total. The highest BCUT2D eigenvalue weighted by molar-refractivity contribution is 6.07. The normalized spacial score (nSPS) is 15.6. The Morgan fingerprint density at radius 3 is 2.90 bits per heavy atom. The van der Waals surface area contributed by atoms with Gasteiger partial charge < -0.3 is 19.8 Å². The molecule has 10 nitrogen and oxygen atoms in total. The average molecular weight is 410 g/mol. The average Bonchev–Trinajstić information content (AvgIpc) is 3.36. The molecular formula is C20H22N6O4. The van der Waals surface area contributed by atoms with Crippen LogP contribution in [0.4, 0.5) is 5.69 Å². The molecular weight excluding hydrogens is 388 g/mol. The van der Waals surface area contributed by atoms with Crippen molar-refractivity contribution in [2.45, 2.75) is 25.7 Å². The van der Waals surface area contributed by atoms with Crippen LogP contribution >= 0.6 is 0 Å². The summed E-state index contributed by atoms with van der Waals surface area (Å²) in [5.74, 6) is -0.0954. The third-order valence-electron chi connectivity index (χ3n) is 4.62. The SMILES string of the molecule is Cn1cc2c(n1)C(=O)NCCCCCCOc1cc(ccn1)-c1nc(co1)C(=O)N2. The fourth-order valence-corrected chi connectivity index (χ4v) is 3.11. The van der Waals surface area contributed by atoms with Gasteiger partial charge >= 0.3 is 0 Å². The highest BCUT2D eigenvalue weighted by Gasteiger charge is 2.20. The van der Waals surface area contributed by atoms with Crippen LogP contribution in [0.25, 0.3) is 11.5 Å². The second kappa shape index (κ2) is 8.76. The number of hydrogen-bond donors (Lipinski definition) is 2. The minimum absolute atomic E-state index is 0.0809. The maximum atomic E-state index is 12.6. The number of nitrogens with one attached hydrogen (secondary N) is 2. The molecule has 0 radical (unpaired) electrons. The molecule has 4 rings (SSSR count). The number of nitrogens with zero attached hydrogens (tertiary/aromatic N) is 4. The summed E-state index contributed by atoms with van der Waals surface area (Å²) >= 11 is 0. The number of carbonyl (C=O) groups excluding carboxylic acids is 2. The van der Waals surface area contributed by atoms with Crippen molar-refractivity contribution < 1.29 is 18.7 Å². The Bertz CT molecular complexity index is 1060. The summed E-state index contributed by atoms with van der Waals surface area (Å²) in [7, 11) is 1.68. The third kappa shape index (κ3) is 4.48. The molecule has 1 aliphatic heterocycles. The molecule has 3 aromatic rings. The van der Waals surface area contributed by atoms with Crippen LogP contribution in [0.1, 0.15) is 46.7 Å². The molecule has 0 aliphatic carbocycles. The highest BCUT2D eigenvalue weighted by atomic mass is 16.5. The maximum Gasteiger partial charge on any atom is 0.277 e. The lowest BCUT2D eigenvalue weighted by molar-refractivity contribution is 0.0948. The largest absolute Gasteiger partial charge is 0.478 e. The van der Waals surface area contributed by atoms with E-state index in [4.69, 9.17) is 9.15 Å². The topological polar surface area (TPSA) is 124 Å². The first-order valence-corrected chi connectivity index (χ1v) is 9.78. The second-order valence-corrected chi connectivity index (χ2v) is 6.96. The van der Waals surface area contributed by atoms with Crippen molar-refractivity contribution in [3.8, 4) is 17.3 Å². The van der Waals surface area contributed by atoms with Crippen molar-refractivity contribution in [3.05, 3.63) is 42.2 Å². The van der Waals surface area contributed by atoms with Crippen molar-refractivity contribution in [1.82, 2.24) is 25.1 Å². The lowest BCUT2D eigenvalue weighted by Gasteiger charge is -2.07. The van der Waals surface area contributed by atoms with Crippen LogP contribution in [0, 0.1) is 0 Å². The molecule has 2 amide bonds. The minimum atomic E-state index is -0.504. The van der Waals surface area contributed by atoms with Crippen molar-refractivity contribution >= 4 is 17.5 Å². The number of hydrogen-bond acceptors (Lipinski definition) is 7. The van der Waals surface area contributed by atoms with E-state index in [0.29, 0.717) is 30.3 Å². The first-order chi connectivity index (χ1) is 14.6. The Hall–Kier alpha value is -3.69. The van der Waals surface area contributed by atoms with Crippen LogP contribution in [-0.2, 0) is 7.05 Å². The molecule has 0 aromatic carbocycles. The fraction of sp³-hybridized carbons (Fsp3) is 0.350. The summed E-state index contributed by atoms with van der Waals surface area (Å²) in [6.07, 6.45) is 8.10. The number of aryl methyl sites for hydroxylation is 1. The van der Waals surface area contributed by atoms with Crippen molar-refractivity contribution in [1.29, 1.82) is 0 Å². The second-order valence-electron chi connectivity index (χ2n) is 6.96. The van der Waals surface area contributed by atoms with Crippen molar-refractivity contribution in [2.75, 3.05) is 18.5 Å². The Morgan fingerprint density at radius 2 is 2.00 bits per heavy atom. The number of pyridine rings is 1. The van der Waals surface area contributed by atoms with Crippen LogP contribution in [0.3, 0.4) is 0 Å². The van der Waals surface area contributed by atoms with E-state index in [9.17, 15) is 9.59 Å². The van der Waals surface area contributed by atoms with Gasteiger partial charge in [0.05, 0.1) is 12.3 Å². The molecule has 30 heavy (non-hydrogen) atoms. The molecule has 0 atom stereocenters. The number of anilines is 1. The summed E-state index contributed by atoms with van der Waals surface area (Å²) in [6.45, 7) is 1.07. The third-order valence-corrected chi connectivity index (χ3v) is 4.62. The molecule has 0 saturated carbocycles. The molecule has 10 heteroatoms. The molecule has 0 fully saturated rings. The van der Waals surface area contributed by atoms with E-state index in [0.717, 1.165) is 25.7 Å². The lowest BCUT2D eigenvalue weighted by Crippen LogP contribution is -2.26. The Labute approximate surface area is 172 Å². The number of amides is 2. The van der Waals surface area contributed by atoms with Crippen molar-refractivity contribution in [2.24, 2.45) is 7.05 Å². The fourth-order valence-electron chi connectivity index (χ4n) is 3.11. The van der Waals surface area contributed by atoms with Gasteiger partial charge in [-0.3, -0.25) is 14.3 Å². The van der Waals surface area contributed by atoms with Crippen LogP contribution in [-0.4, -0.2) is 44.7 Å². The van der Waals surface area contributed by atoms with Gasteiger partial charge in [-0.1, -0.05) is 12.8 Å². The van der Waals surface area contributed by atoms with Gasteiger partial charge in [0.25, 0.3) is 11.8 Å². The van der Waals surface area contributed by atoms with Crippen LogP contribution in [0.5, 0.6) is 5.88 Å². The Balaban J connectivity index is 1.61. The standard InChI is InChI=1S/C20H22N6O4/c1-26-11-14-17(25-26)19(28)22-7-4-2-3-5-9-29-16-10-13(6-8-21-16)20-24-15(12-30-20)18(27)23-14/h6,8,10-12H,2-5,7,9H2,1H3,(H,22,28)(H,23,27). The van der Waals surface area contributed by atoms with Crippen LogP contribution < -0.4 is 15.4 Å². The summed E-state index contributed by atoms with van der Waals surface area (Å²) in [6, 6.07) is 3.45. The van der Waals surface area contributed by atoms with E-state index in [-0.39, 0.29) is 23.2 Å². The van der Waals surface area contributed by atoms with E-state index in [1.165, 1.54) is 10.9 Å². The Morgan fingerprint density at radius 1 is 1.13 bits per heavy atom. The van der Waals surface area contributed by atoms with Gasteiger partial charge in [-0.2, -0.15) is 5.10 Å². The van der Waals surface area contributed by atoms with E-state index in [2.05, 4.69) is 25.7 Å². The summed E-state index contributed by atoms with van der Waals surface area (Å²) < 4.78 is 12.6. The highest BCUT2D eigenvalue weighted by Crippen LogP contribution is 2.23. The molecule has 0 saturated heterocycles. The number of oxazole rings is 1. The zero-order chi connectivity index (χ0) is 20.9. The lowest BCUT2D eigenvalue weighted by atomic mass is 10.2. The predicted molar refractivity (Wildman–Crippen MR) is 107 cm³/mol. The molecule has 0 spiro atoms. The quantitative estimate of drug-likeness (QED) is 0.583. The van der Waals surface area contributed by atoms with Gasteiger partial charge in [0.2, 0.25) is 11.8 Å². The van der Waals surface area contributed by atoms with Gasteiger partial charge in [-0.05, 0) is 18.9 Å². The van der Waals surface area contributed by atoms with E-state index in [1.54, 1.807) is 31.6 Å². The molecule has 1 aliphatic rings. The minimum Gasteiger partial charge on any atom is -0.478 e. The Kier molecular flexibility index (Phi) is 5.73. The first kappa shape index (κ1) is 19.6. The first-order valence-electron chi connectivity index (χ1n) is 9.78. The molecule has 156 valence electrons. The number of fused-ring (bicyclic) bond motifs is 6. The van der Waals surface area contributed by atoms with Crippen molar-refractivity contribution in [3.63, 3.8) is 0 Å². The predicted octanol–water partition coefficient (Wildman–Crippen LogP) is 2.41. The van der Waals surface area contributed by atoms with Gasteiger partial charge in [0.1, 0.15) is 6.26 Å². The van der Waals surface area contributed by atoms with E-state index < -0.39 is 5.91 Å². The number of aromatic nitrogens is 4. The van der Waals surface area contributed by atoms with Gasteiger partial charge in [-0.25, -0.2) is 9.97 Å². The summed E-state index contributed by atoms with van der Waals surface area (Å²) in [5, 5.41) is 9.70. The molecule has 0 unspecified atom stereocenters. The summed E-state index contributed by atoms with van der Waals surface area (Å²) in [4.78, 5) is 33.6. The van der Waals surface area contributed by atoms with E-state index in [1.807, 2.05) is 0 Å².